The van der Waals surface area contributed by atoms with Gasteiger partial charge in [0.1, 0.15) is 0 Å². The second-order valence-corrected chi connectivity index (χ2v) is 3.04. The first-order chi connectivity index (χ1) is 4.06. The third-order valence-corrected chi connectivity index (χ3v) is 1.07. The van der Waals surface area contributed by atoms with Crippen LogP contribution in [0.5, 0.6) is 0 Å². The molecule has 0 unspecified atom stereocenters. The highest BCUT2D eigenvalue weighted by atomic mass is 32.2. The average molecular weight is 148 g/mol. The van der Waals surface area contributed by atoms with Crippen molar-refractivity contribution in [2.45, 2.75) is 0 Å². The van der Waals surface area contributed by atoms with Crippen LogP contribution in [0.4, 0.5) is 0 Å². The molecule has 0 aromatic carbocycles. The molecule has 0 saturated heterocycles. The van der Waals surface area contributed by atoms with Gasteiger partial charge in [0.2, 0.25) is 0 Å². The summed E-state index contributed by atoms with van der Waals surface area (Å²) in [4.78, 5) is 0. The largest absolute Gasteiger partial charge is 0.265 e. The summed E-state index contributed by atoms with van der Waals surface area (Å²) >= 11 is 0. The molecule has 0 radical (unpaired) electrons. The monoisotopic (exact) mass is 148 g/mol. The van der Waals surface area contributed by atoms with Crippen molar-refractivity contribution >= 4 is 10.1 Å². The van der Waals surface area contributed by atoms with Crippen LogP contribution in [0.2, 0.25) is 0 Å². The van der Waals surface area contributed by atoms with Crippen molar-refractivity contribution in [2.24, 2.45) is 0 Å². The van der Waals surface area contributed by atoms with E-state index in [2.05, 4.69) is 16.5 Å². The second-order valence-electron chi connectivity index (χ2n) is 1.40. The van der Waals surface area contributed by atoms with E-state index >= 15 is 0 Å². The Balaban J connectivity index is 3.66. The number of rotatable bonds is 3. The Hall–Kier alpha value is -0.570. The quantitative estimate of drug-likeness (QED) is 0.427. The highest BCUT2D eigenvalue weighted by Gasteiger charge is 1.96. The molecule has 0 N–H and O–H groups in total. The molecule has 0 aliphatic heterocycles. The van der Waals surface area contributed by atoms with Crippen molar-refractivity contribution in [3.8, 4) is 0 Å². The summed E-state index contributed by atoms with van der Waals surface area (Å²) in [6.45, 7) is 3.24. The van der Waals surface area contributed by atoms with E-state index in [9.17, 15) is 8.42 Å². The predicted octanol–water partition coefficient (Wildman–Crippen LogP) is 0.304. The Kier molecular flexibility index (Phi) is 3.24. The Morgan fingerprint density at radius 3 is 2.67 bits per heavy atom. The molecular formula is C5H8O3S. The van der Waals surface area contributed by atoms with Gasteiger partial charge >= 0.3 is 0 Å². The standard InChI is InChI=1S/C5H8O3S/c1-3-4-5-8-9(2,6)7/h4H,1,5H2,2H3. The molecule has 0 bridgehead atoms. The van der Waals surface area contributed by atoms with Gasteiger partial charge in [0.25, 0.3) is 10.1 Å². The third-order valence-electron chi connectivity index (χ3n) is 0.510. The topological polar surface area (TPSA) is 43.4 Å². The van der Waals surface area contributed by atoms with Crippen LogP contribution in [-0.4, -0.2) is 21.3 Å². The molecular weight excluding hydrogens is 140 g/mol. The van der Waals surface area contributed by atoms with Crippen LogP contribution in [0.15, 0.2) is 18.4 Å². The summed E-state index contributed by atoms with van der Waals surface area (Å²) in [5, 5.41) is 0. The summed E-state index contributed by atoms with van der Waals surface area (Å²) in [5.41, 5.74) is 2.38. The van der Waals surface area contributed by atoms with E-state index < -0.39 is 10.1 Å². The summed E-state index contributed by atoms with van der Waals surface area (Å²) in [5.74, 6) is 0. The second kappa shape index (κ2) is 3.45. The van der Waals surface area contributed by atoms with Gasteiger partial charge in [0.15, 0.2) is 0 Å². The molecule has 52 valence electrons. The smallest absolute Gasteiger partial charge is 0.264 e. The van der Waals surface area contributed by atoms with Gasteiger partial charge in [-0.25, -0.2) is 0 Å². The molecule has 0 aliphatic carbocycles. The molecule has 0 amide bonds. The molecule has 0 heterocycles. The SMILES string of the molecule is C=C=CCOS(C)(=O)=O. The fourth-order valence-corrected chi connectivity index (χ4v) is 0.532. The van der Waals surface area contributed by atoms with E-state index in [1.165, 1.54) is 6.08 Å². The van der Waals surface area contributed by atoms with E-state index in [1.807, 2.05) is 0 Å². The average Bonchev–Trinajstić information content (AvgIpc) is 1.63. The molecule has 0 aromatic rings. The molecule has 0 fully saturated rings. The van der Waals surface area contributed by atoms with Gasteiger partial charge in [-0.15, -0.1) is 5.73 Å². The third kappa shape index (κ3) is 7.43. The van der Waals surface area contributed by atoms with Crippen LogP contribution in [0, 0.1) is 0 Å². The van der Waals surface area contributed by atoms with Crippen molar-refractivity contribution in [2.75, 3.05) is 12.9 Å². The van der Waals surface area contributed by atoms with Gasteiger partial charge in [-0.3, -0.25) is 4.18 Å². The molecule has 3 nitrogen and oxygen atoms in total. The van der Waals surface area contributed by atoms with Crippen molar-refractivity contribution in [3.63, 3.8) is 0 Å². The minimum Gasteiger partial charge on any atom is -0.265 e. The summed E-state index contributed by atoms with van der Waals surface area (Å²) in [7, 11) is -3.30. The molecule has 0 aliphatic rings. The first kappa shape index (κ1) is 8.43. The van der Waals surface area contributed by atoms with Crippen molar-refractivity contribution < 1.29 is 12.6 Å². The van der Waals surface area contributed by atoms with Gasteiger partial charge in [0, 0.05) is 0 Å². The van der Waals surface area contributed by atoms with Gasteiger partial charge in [-0.05, 0) is 6.08 Å². The lowest BCUT2D eigenvalue weighted by Crippen LogP contribution is -2.01. The molecule has 0 atom stereocenters. The Bertz CT molecular complexity index is 208. The zero-order chi connectivity index (χ0) is 7.33. The normalized spacial score (nSPS) is 10.3. The minimum atomic E-state index is -3.30. The molecule has 0 spiro atoms. The molecule has 9 heavy (non-hydrogen) atoms. The lowest BCUT2D eigenvalue weighted by Gasteiger charge is -1.91. The minimum absolute atomic E-state index is 0.0162. The molecule has 4 heteroatoms. The van der Waals surface area contributed by atoms with E-state index in [0.29, 0.717) is 0 Å². The Labute approximate surface area is 54.8 Å². The first-order valence-corrected chi connectivity index (χ1v) is 4.06. The van der Waals surface area contributed by atoms with E-state index in [-0.39, 0.29) is 6.61 Å². The Morgan fingerprint density at radius 1 is 1.78 bits per heavy atom. The van der Waals surface area contributed by atoms with Gasteiger partial charge < -0.3 is 0 Å². The summed E-state index contributed by atoms with van der Waals surface area (Å²) in [6, 6.07) is 0. The lowest BCUT2D eigenvalue weighted by molar-refractivity contribution is 0.362. The highest BCUT2D eigenvalue weighted by Crippen LogP contribution is 1.84. The first-order valence-electron chi connectivity index (χ1n) is 2.25. The fraction of sp³-hybridized carbons (Fsp3) is 0.400. The van der Waals surface area contributed by atoms with Crippen LogP contribution < -0.4 is 0 Å². The zero-order valence-corrected chi connectivity index (χ0v) is 5.94. The van der Waals surface area contributed by atoms with Crippen LogP contribution in [0.25, 0.3) is 0 Å². The fourth-order valence-electron chi connectivity index (χ4n) is 0.217. The van der Waals surface area contributed by atoms with Gasteiger partial charge in [-0.2, -0.15) is 8.42 Å². The van der Waals surface area contributed by atoms with E-state index in [4.69, 9.17) is 0 Å². The maximum Gasteiger partial charge on any atom is 0.264 e. The highest BCUT2D eigenvalue weighted by molar-refractivity contribution is 7.85. The maximum absolute atomic E-state index is 10.2. The van der Waals surface area contributed by atoms with Gasteiger partial charge in [0.05, 0.1) is 12.9 Å². The molecule has 0 rings (SSSR count). The summed E-state index contributed by atoms with van der Waals surface area (Å²) in [6.07, 6.45) is 2.38. The zero-order valence-electron chi connectivity index (χ0n) is 5.12. The van der Waals surface area contributed by atoms with Crippen molar-refractivity contribution in [1.82, 2.24) is 0 Å². The number of hydrogen-bond donors (Lipinski definition) is 0. The van der Waals surface area contributed by atoms with Crippen LogP contribution in [-0.2, 0) is 14.3 Å². The van der Waals surface area contributed by atoms with E-state index in [0.717, 1.165) is 6.26 Å². The van der Waals surface area contributed by atoms with Gasteiger partial charge in [-0.1, -0.05) is 6.58 Å². The lowest BCUT2D eigenvalue weighted by atomic mass is 10.7. The van der Waals surface area contributed by atoms with Crippen molar-refractivity contribution in [3.05, 3.63) is 18.4 Å². The van der Waals surface area contributed by atoms with Crippen molar-refractivity contribution in [1.29, 1.82) is 0 Å². The maximum atomic E-state index is 10.2. The summed E-state index contributed by atoms with van der Waals surface area (Å²) < 4.78 is 24.7. The number of hydrogen-bond acceptors (Lipinski definition) is 3. The Morgan fingerprint density at radius 2 is 2.33 bits per heavy atom. The van der Waals surface area contributed by atoms with E-state index in [1.54, 1.807) is 0 Å². The predicted molar refractivity (Wildman–Crippen MR) is 34.5 cm³/mol. The van der Waals surface area contributed by atoms with Crippen LogP contribution in [0.1, 0.15) is 0 Å². The van der Waals surface area contributed by atoms with Crippen LogP contribution in [0.3, 0.4) is 0 Å². The molecule has 0 saturated carbocycles. The van der Waals surface area contributed by atoms with Crippen LogP contribution >= 0.6 is 0 Å². The molecule has 0 aromatic heterocycles.